The number of hydrogen-bond acceptors (Lipinski definition) is 4. The van der Waals surface area contributed by atoms with Crippen LogP contribution in [0.2, 0.25) is 0 Å². The van der Waals surface area contributed by atoms with Crippen LogP contribution in [0.5, 0.6) is 5.75 Å². The highest BCUT2D eigenvalue weighted by molar-refractivity contribution is 7.92. The minimum Gasteiger partial charge on any atom is -0.495 e. The largest absolute Gasteiger partial charge is 0.495 e. The number of carbonyl (C=O) groups excluding carboxylic acids is 1. The summed E-state index contributed by atoms with van der Waals surface area (Å²) in [5, 5.41) is 0. The van der Waals surface area contributed by atoms with Crippen LogP contribution < -0.4 is 9.04 Å². The zero-order valence-electron chi connectivity index (χ0n) is 18.7. The molecular weight excluding hydrogens is 412 g/mol. The Morgan fingerprint density at radius 1 is 1.16 bits per heavy atom. The average molecular weight is 445 g/mol. The molecular formula is C24H32N2O4S. The van der Waals surface area contributed by atoms with Gasteiger partial charge in [0.05, 0.1) is 19.1 Å². The van der Waals surface area contributed by atoms with E-state index in [1.54, 1.807) is 24.0 Å². The number of aryl methyl sites for hydroxylation is 1. The van der Waals surface area contributed by atoms with Gasteiger partial charge in [-0.25, -0.2) is 8.42 Å². The van der Waals surface area contributed by atoms with Gasteiger partial charge in [0, 0.05) is 13.1 Å². The fourth-order valence-corrected chi connectivity index (χ4v) is 5.48. The topological polar surface area (TPSA) is 66.9 Å². The van der Waals surface area contributed by atoms with Crippen LogP contribution in [0.3, 0.4) is 0 Å². The Kier molecular flexibility index (Phi) is 7.26. The second-order valence-electron chi connectivity index (χ2n) is 8.37. The SMILES string of the molecule is COc1ccc(C)cc1N([C@H](C)C(=O)N1CCC(Cc2ccccc2)CC1)S(C)(=O)=O. The number of ether oxygens (including phenoxy) is 1. The van der Waals surface area contributed by atoms with Gasteiger partial charge >= 0.3 is 0 Å². The molecule has 0 aliphatic carbocycles. The van der Waals surface area contributed by atoms with Crippen molar-refractivity contribution >= 4 is 21.6 Å². The van der Waals surface area contributed by atoms with Crippen LogP contribution in [0.4, 0.5) is 5.69 Å². The van der Waals surface area contributed by atoms with E-state index < -0.39 is 16.1 Å². The number of anilines is 1. The van der Waals surface area contributed by atoms with E-state index in [0.717, 1.165) is 31.1 Å². The Morgan fingerprint density at radius 3 is 2.39 bits per heavy atom. The molecule has 0 saturated carbocycles. The number of amides is 1. The summed E-state index contributed by atoms with van der Waals surface area (Å²) in [7, 11) is -2.20. The monoisotopic (exact) mass is 444 g/mol. The molecule has 2 aromatic rings. The lowest BCUT2D eigenvalue weighted by atomic mass is 9.90. The molecule has 1 heterocycles. The third-order valence-electron chi connectivity index (χ3n) is 5.93. The molecule has 168 valence electrons. The van der Waals surface area contributed by atoms with Gasteiger partial charge in [-0.1, -0.05) is 36.4 Å². The molecule has 0 N–H and O–H groups in total. The molecule has 1 amide bonds. The molecule has 0 aromatic heterocycles. The van der Waals surface area contributed by atoms with E-state index in [9.17, 15) is 13.2 Å². The number of nitrogens with zero attached hydrogens (tertiary/aromatic N) is 2. The predicted octanol–water partition coefficient (Wildman–Crippen LogP) is 3.64. The van der Waals surface area contributed by atoms with E-state index in [1.165, 1.54) is 17.0 Å². The highest BCUT2D eigenvalue weighted by Gasteiger charge is 2.35. The van der Waals surface area contributed by atoms with Crippen molar-refractivity contribution < 1.29 is 17.9 Å². The Hall–Kier alpha value is -2.54. The van der Waals surface area contributed by atoms with Gasteiger partial charge < -0.3 is 9.64 Å². The number of sulfonamides is 1. The minimum absolute atomic E-state index is 0.174. The van der Waals surface area contributed by atoms with Crippen LogP contribution in [0.25, 0.3) is 0 Å². The van der Waals surface area contributed by atoms with Crippen LogP contribution in [-0.2, 0) is 21.2 Å². The molecule has 7 heteroatoms. The normalized spacial score (nSPS) is 16.1. The standard InChI is InChI=1S/C24H32N2O4S/c1-18-10-11-23(30-3)22(16-18)26(31(4,28)29)19(2)24(27)25-14-12-21(13-15-25)17-20-8-6-5-7-9-20/h5-11,16,19,21H,12-15,17H2,1-4H3/t19-/m1/s1. The van der Waals surface area contributed by atoms with Crippen LogP contribution in [0.15, 0.2) is 48.5 Å². The second-order valence-corrected chi connectivity index (χ2v) is 10.2. The first kappa shape index (κ1) is 23.1. The van der Waals surface area contributed by atoms with Gasteiger partial charge in [-0.05, 0) is 62.3 Å². The maximum atomic E-state index is 13.3. The van der Waals surface area contributed by atoms with Crippen molar-refractivity contribution in [3.8, 4) is 5.75 Å². The molecule has 1 fully saturated rings. The lowest BCUT2D eigenvalue weighted by Crippen LogP contribution is -2.51. The van der Waals surface area contributed by atoms with Crippen LogP contribution in [0, 0.1) is 12.8 Å². The molecule has 2 aromatic carbocycles. The molecule has 31 heavy (non-hydrogen) atoms. The van der Waals surface area contributed by atoms with E-state index in [1.807, 2.05) is 19.1 Å². The summed E-state index contributed by atoms with van der Waals surface area (Å²) in [5.41, 5.74) is 2.60. The summed E-state index contributed by atoms with van der Waals surface area (Å²) >= 11 is 0. The second kappa shape index (κ2) is 9.73. The van der Waals surface area contributed by atoms with E-state index in [4.69, 9.17) is 4.74 Å². The first-order chi connectivity index (χ1) is 14.7. The summed E-state index contributed by atoms with van der Waals surface area (Å²) in [6.45, 7) is 4.82. The molecule has 6 nitrogen and oxygen atoms in total. The molecule has 1 aliphatic heterocycles. The third-order valence-corrected chi connectivity index (χ3v) is 7.16. The first-order valence-corrected chi connectivity index (χ1v) is 12.5. The first-order valence-electron chi connectivity index (χ1n) is 10.7. The minimum atomic E-state index is -3.70. The van der Waals surface area contributed by atoms with Crippen LogP contribution in [-0.4, -0.2) is 51.7 Å². The Bertz CT molecular complexity index is 999. The number of hydrogen-bond donors (Lipinski definition) is 0. The average Bonchev–Trinajstić information content (AvgIpc) is 2.74. The number of benzene rings is 2. The van der Waals surface area contributed by atoms with E-state index in [0.29, 0.717) is 30.4 Å². The summed E-state index contributed by atoms with van der Waals surface area (Å²) < 4.78 is 32.0. The van der Waals surface area contributed by atoms with Crippen LogP contribution in [0.1, 0.15) is 30.9 Å². The number of piperidine rings is 1. The molecule has 3 rings (SSSR count). The van der Waals surface area contributed by atoms with Gasteiger partial charge in [-0.3, -0.25) is 9.10 Å². The van der Waals surface area contributed by atoms with Crippen molar-refractivity contribution in [3.05, 3.63) is 59.7 Å². The fraction of sp³-hybridized carbons (Fsp3) is 0.458. The smallest absolute Gasteiger partial charge is 0.246 e. The zero-order chi connectivity index (χ0) is 22.6. The van der Waals surface area contributed by atoms with Gasteiger partial charge in [0.2, 0.25) is 15.9 Å². The van der Waals surface area contributed by atoms with E-state index >= 15 is 0 Å². The Balaban J connectivity index is 1.74. The zero-order valence-corrected chi connectivity index (χ0v) is 19.6. The number of methoxy groups -OCH3 is 1. The van der Waals surface area contributed by atoms with Crippen molar-refractivity contribution in [1.29, 1.82) is 0 Å². The molecule has 1 aliphatic rings. The maximum Gasteiger partial charge on any atom is 0.246 e. The van der Waals surface area contributed by atoms with E-state index in [2.05, 4.69) is 24.3 Å². The van der Waals surface area contributed by atoms with Gasteiger partial charge in [-0.2, -0.15) is 0 Å². The van der Waals surface area contributed by atoms with Gasteiger partial charge in [-0.15, -0.1) is 0 Å². The maximum absolute atomic E-state index is 13.3. The lowest BCUT2D eigenvalue weighted by Gasteiger charge is -2.37. The van der Waals surface area contributed by atoms with Crippen molar-refractivity contribution in [3.63, 3.8) is 0 Å². The molecule has 0 bridgehead atoms. The highest BCUT2D eigenvalue weighted by atomic mass is 32.2. The van der Waals surface area contributed by atoms with Gasteiger partial charge in [0.15, 0.2) is 0 Å². The molecule has 0 spiro atoms. The number of likely N-dealkylation sites (tertiary alicyclic amines) is 1. The predicted molar refractivity (Wildman–Crippen MR) is 124 cm³/mol. The molecule has 0 unspecified atom stereocenters. The van der Waals surface area contributed by atoms with Crippen molar-refractivity contribution in [2.45, 2.75) is 39.2 Å². The summed E-state index contributed by atoms with van der Waals surface area (Å²) in [4.78, 5) is 15.1. The Labute approximate surface area is 185 Å². The third kappa shape index (κ3) is 5.58. The molecule has 1 atom stereocenters. The molecule has 1 saturated heterocycles. The highest BCUT2D eigenvalue weighted by Crippen LogP contribution is 2.33. The van der Waals surface area contributed by atoms with E-state index in [-0.39, 0.29) is 5.91 Å². The quantitative estimate of drug-likeness (QED) is 0.654. The molecule has 0 radical (unpaired) electrons. The lowest BCUT2D eigenvalue weighted by molar-refractivity contribution is -0.133. The summed E-state index contributed by atoms with van der Waals surface area (Å²) in [6.07, 6.45) is 3.97. The van der Waals surface area contributed by atoms with Gasteiger partial charge in [0.25, 0.3) is 0 Å². The number of carbonyl (C=O) groups is 1. The Morgan fingerprint density at radius 2 is 1.81 bits per heavy atom. The number of rotatable bonds is 7. The summed E-state index contributed by atoms with van der Waals surface area (Å²) in [5.74, 6) is 0.786. The summed E-state index contributed by atoms with van der Waals surface area (Å²) in [6, 6.07) is 14.9. The van der Waals surface area contributed by atoms with Crippen molar-refractivity contribution in [2.24, 2.45) is 5.92 Å². The van der Waals surface area contributed by atoms with Crippen LogP contribution >= 0.6 is 0 Å². The van der Waals surface area contributed by atoms with Crippen molar-refractivity contribution in [2.75, 3.05) is 30.8 Å². The van der Waals surface area contributed by atoms with Crippen molar-refractivity contribution in [1.82, 2.24) is 4.90 Å². The fourth-order valence-electron chi connectivity index (χ4n) is 4.32. The van der Waals surface area contributed by atoms with Gasteiger partial charge in [0.1, 0.15) is 11.8 Å².